The first-order chi connectivity index (χ1) is 9.22. The van der Waals surface area contributed by atoms with Crippen molar-refractivity contribution in [2.45, 2.75) is 25.9 Å². The lowest BCUT2D eigenvalue weighted by molar-refractivity contribution is 0.0963. The standard InChI is InChI=1S/C15H23FN2O/c1-19-11-12-4-6-18(7-5-12)10-14-3-2-13(9-17)8-15(14)16/h2-3,8,12H,4-7,9-11,17H2,1H3. The van der Waals surface area contributed by atoms with E-state index < -0.39 is 0 Å². The number of ether oxygens (including phenoxy) is 1. The molecule has 2 rings (SSSR count). The highest BCUT2D eigenvalue weighted by Crippen LogP contribution is 2.20. The number of nitrogens with zero attached hydrogens (tertiary/aromatic N) is 1. The number of hydrogen-bond acceptors (Lipinski definition) is 3. The molecule has 1 saturated heterocycles. The van der Waals surface area contributed by atoms with Crippen molar-refractivity contribution in [1.29, 1.82) is 0 Å². The van der Waals surface area contributed by atoms with Crippen LogP contribution >= 0.6 is 0 Å². The van der Waals surface area contributed by atoms with Crippen LogP contribution in [0.4, 0.5) is 4.39 Å². The van der Waals surface area contributed by atoms with Gasteiger partial charge in [-0.25, -0.2) is 4.39 Å². The summed E-state index contributed by atoms with van der Waals surface area (Å²) in [5.41, 5.74) is 7.12. The number of nitrogens with two attached hydrogens (primary N) is 1. The summed E-state index contributed by atoms with van der Waals surface area (Å²) >= 11 is 0. The van der Waals surface area contributed by atoms with E-state index in [-0.39, 0.29) is 5.82 Å². The third-order valence-electron chi connectivity index (χ3n) is 3.86. The lowest BCUT2D eigenvalue weighted by Gasteiger charge is -2.31. The van der Waals surface area contributed by atoms with Crippen LogP contribution in [0.3, 0.4) is 0 Å². The van der Waals surface area contributed by atoms with Crippen LogP contribution in [-0.2, 0) is 17.8 Å². The van der Waals surface area contributed by atoms with Crippen molar-refractivity contribution in [2.75, 3.05) is 26.8 Å². The van der Waals surface area contributed by atoms with Crippen LogP contribution < -0.4 is 5.73 Å². The molecular formula is C15H23FN2O. The highest BCUT2D eigenvalue weighted by Gasteiger charge is 2.19. The lowest BCUT2D eigenvalue weighted by atomic mass is 9.97. The van der Waals surface area contributed by atoms with Gasteiger partial charge >= 0.3 is 0 Å². The third kappa shape index (κ3) is 4.00. The Labute approximate surface area is 114 Å². The molecule has 0 aliphatic carbocycles. The molecule has 0 radical (unpaired) electrons. The number of rotatable bonds is 5. The summed E-state index contributed by atoms with van der Waals surface area (Å²) in [6.45, 7) is 3.96. The van der Waals surface area contributed by atoms with Crippen LogP contribution in [0.5, 0.6) is 0 Å². The highest BCUT2D eigenvalue weighted by atomic mass is 19.1. The maximum absolute atomic E-state index is 13.9. The minimum Gasteiger partial charge on any atom is -0.384 e. The van der Waals surface area contributed by atoms with Gasteiger partial charge in [0, 0.05) is 32.4 Å². The largest absolute Gasteiger partial charge is 0.384 e. The van der Waals surface area contributed by atoms with E-state index in [1.54, 1.807) is 13.2 Å². The molecule has 1 aliphatic heterocycles. The van der Waals surface area contributed by atoms with Gasteiger partial charge in [-0.15, -0.1) is 0 Å². The van der Waals surface area contributed by atoms with E-state index in [4.69, 9.17) is 10.5 Å². The van der Waals surface area contributed by atoms with Crippen molar-refractivity contribution in [3.05, 3.63) is 35.1 Å². The van der Waals surface area contributed by atoms with Crippen LogP contribution in [0.25, 0.3) is 0 Å². The number of methoxy groups -OCH3 is 1. The van der Waals surface area contributed by atoms with Gasteiger partial charge in [0.25, 0.3) is 0 Å². The maximum Gasteiger partial charge on any atom is 0.128 e. The van der Waals surface area contributed by atoms with Gasteiger partial charge in [0.2, 0.25) is 0 Å². The fourth-order valence-electron chi connectivity index (χ4n) is 2.63. The summed E-state index contributed by atoms with van der Waals surface area (Å²) in [5, 5.41) is 0. The zero-order valence-corrected chi connectivity index (χ0v) is 11.6. The first-order valence-electron chi connectivity index (χ1n) is 6.91. The topological polar surface area (TPSA) is 38.5 Å². The number of piperidine rings is 1. The summed E-state index contributed by atoms with van der Waals surface area (Å²) in [6, 6.07) is 5.32. The van der Waals surface area contributed by atoms with Gasteiger partial charge in [0.1, 0.15) is 5.82 Å². The van der Waals surface area contributed by atoms with Crippen LogP contribution in [0.15, 0.2) is 18.2 Å². The molecule has 0 spiro atoms. The number of halogens is 1. The Bertz CT molecular complexity index is 403. The number of benzene rings is 1. The molecule has 0 saturated carbocycles. The Morgan fingerprint density at radius 2 is 2.11 bits per heavy atom. The Morgan fingerprint density at radius 3 is 2.68 bits per heavy atom. The smallest absolute Gasteiger partial charge is 0.128 e. The molecule has 3 nitrogen and oxygen atoms in total. The van der Waals surface area contributed by atoms with Gasteiger partial charge < -0.3 is 10.5 Å². The molecule has 1 fully saturated rings. The molecule has 4 heteroatoms. The predicted octanol–water partition coefficient (Wildman–Crippen LogP) is 2.14. The van der Waals surface area contributed by atoms with E-state index in [1.165, 1.54) is 0 Å². The Balaban J connectivity index is 1.88. The molecule has 106 valence electrons. The van der Waals surface area contributed by atoms with E-state index in [0.717, 1.165) is 43.7 Å². The quantitative estimate of drug-likeness (QED) is 0.887. The number of likely N-dealkylation sites (tertiary alicyclic amines) is 1. The zero-order valence-electron chi connectivity index (χ0n) is 11.6. The van der Waals surface area contributed by atoms with E-state index in [0.29, 0.717) is 19.0 Å². The molecule has 1 heterocycles. The SMILES string of the molecule is COCC1CCN(Cc2ccc(CN)cc2F)CC1. The molecule has 1 aromatic rings. The van der Waals surface area contributed by atoms with E-state index in [2.05, 4.69) is 4.90 Å². The average Bonchev–Trinajstić information content (AvgIpc) is 2.43. The molecule has 0 bridgehead atoms. The monoisotopic (exact) mass is 266 g/mol. The van der Waals surface area contributed by atoms with Crippen molar-refractivity contribution in [2.24, 2.45) is 11.7 Å². The minimum atomic E-state index is -0.137. The molecule has 1 aromatic carbocycles. The summed E-state index contributed by atoms with van der Waals surface area (Å²) in [7, 11) is 1.75. The normalized spacial score (nSPS) is 17.8. The molecule has 0 aromatic heterocycles. The van der Waals surface area contributed by atoms with Crippen LogP contribution in [0, 0.1) is 11.7 Å². The minimum absolute atomic E-state index is 0.137. The molecule has 2 N–H and O–H groups in total. The second-order valence-corrected chi connectivity index (χ2v) is 5.30. The predicted molar refractivity (Wildman–Crippen MR) is 74.2 cm³/mol. The summed E-state index contributed by atoms with van der Waals surface area (Å²) in [5.74, 6) is 0.521. The Kier molecular flexibility index (Phi) is 5.31. The second-order valence-electron chi connectivity index (χ2n) is 5.30. The van der Waals surface area contributed by atoms with E-state index >= 15 is 0 Å². The molecule has 0 amide bonds. The fraction of sp³-hybridized carbons (Fsp3) is 0.600. The van der Waals surface area contributed by atoms with Gasteiger partial charge in [-0.3, -0.25) is 4.90 Å². The first-order valence-corrected chi connectivity index (χ1v) is 6.91. The van der Waals surface area contributed by atoms with Crippen molar-refractivity contribution in [3.63, 3.8) is 0 Å². The first kappa shape index (κ1) is 14.4. The zero-order chi connectivity index (χ0) is 13.7. The van der Waals surface area contributed by atoms with Crippen molar-refractivity contribution in [3.8, 4) is 0 Å². The molecule has 0 unspecified atom stereocenters. The maximum atomic E-state index is 13.9. The molecule has 1 aliphatic rings. The molecule has 19 heavy (non-hydrogen) atoms. The van der Waals surface area contributed by atoms with Gasteiger partial charge in [0.05, 0.1) is 0 Å². The van der Waals surface area contributed by atoms with Crippen LogP contribution in [0.1, 0.15) is 24.0 Å². The van der Waals surface area contributed by atoms with Gasteiger partial charge in [0.15, 0.2) is 0 Å². The second kappa shape index (κ2) is 6.98. The van der Waals surface area contributed by atoms with Gasteiger partial charge in [-0.2, -0.15) is 0 Å². The van der Waals surface area contributed by atoms with Crippen LogP contribution in [0.2, 0.25) is 0 Å². The van der Waals surface area contributed by atoms with Crippen LogP contribution in [-0.4, -0.2) is 31.7 Å². The Morgan fingerprint density at radius 1 is 1.37 bits per heavy atom. The average molecular weight is 266 g/mol. The lowest BCUT2D eigenvalue weighted by Crippen LogP contribution is -2.34. The number of hydrogen-bond donors (Lipinski definition) is 1. The third-order valence-corrected chi connectivity index (χ3v) is 3.86. The van der Waals surface area contributed by atoms with E-state index in [1.807, 2.05) is 12.1 Å². The molecular weight excluding hydrogens is 243 g/mol. The van der Waals surface area contributed by atoms with Gasteiger partial charge in [-0.05, 0) is 43.5 Å². The summed E-state index contributed by atoms with van der Waals surface area (Å²) in [6.07, 6.45) is 2.27. The highest BCUT2D eigenvalue weighted by molar-refractivity contribution is 5.24. The van der Waals surface area contributed by atoms with Crippen molar-refractivity contribution in [1.82, 2.24) is 4.90 Å². The summed E-state index contributed by atoms with van der Waals surface area (Å²) < 4.78 is 19.1. The Hall–Kier alpha value is -0.970. The summed E-state index contributed by atoms with van der Waals surface area (Å²) in [4.78, 5) is 2.31. The van der Waals surface area contributed by atoms with Crippen molar-refractivity contribution >= 4 is 0 Å². The van der Waals surface area contributed by atoms with Gasteiger partial charge in [-0.1, -0.05) is 12.1 Å². The molecule has 0 atom stereocenters. The fourth-order valence-corrected chi connectivity index (χ4v) is 2.63. The van der Waals surface area contributed by atoms with Crippen molar-refractivity contribution < 1.29 is 9.13 Å². The van der Waals surface area contributed by atoms with E-state index in [9.17, 15) is 4.39 Å².